The topological polar surface area (TPSA) is 88.5 Å². The highest BCUT2D eigenvalue weighted by molar-refractivity contribution is 6.36. The van der Waals surface area contributed by atoms with Crippen molar-refractivity contribution in [2.45, 2.75) is 6.61 Å². The van der Waals surface area contributed by atoms with Gasteiger partial charge >= 0.3 is 5.97 Å². The largest absolute Gasteiger partial charge is 0.486 e. The summed E-state index contributed by atoms with van der Waals surface area (Å²) in [6.07, 6.45) is 0. The van der Waals surface area contributed by atoms with Gasteiger partial charge in [0.25, 0.3) is 5.91 Å². The van der Waals surface area contributed by atoms with E-state index in [0.717, 1.165) is 0 Å². The standard InChI is InChI=1S/C16H9FN2O4/c17-7-1-3-10-9(5-7)13(15(20)19-10)14-8-2-4-11(16(21)22)18-12(8)6-23-14/h1-5H,6H2,(H,19,20)(H,21,22). The Labute approximate surface area is 129 Å². The van der Waals surface area contributed by atoms with Crippen LogP contribution in [0.2, 0.25) is 0 Å². The third-order valence-electron chi connectivity index (χ3n) is 3.74. The number of nitrogens with one attached hydrogen (secondary N) is 1. The van der Waals surface area contributed by atoms with Crippen LogP contribution in [0.3, 0.4) is 0 Å². The van der Waals surface area contributed by atoms with Gasteiger partial charge in [-0.05, 0) is 30.3 Å². The Morgan fingerprint density at radius 3 is 2.87 bits per heavy atom. The van der Waals surface area contributed by atoms with Gasteiger partial charge in [-0.1, -0.05) is 0 Å². The fourth-order valence-electron chi connectivity index (χ4n) is 2.73. The van der Waals surface area contributed by atoms with Crippen LogP contribution in [-0.2, 0) is 16.1 Å². The molecule has 7 heteroatoms. The molecule has 2 aliphatic rings. The minimum Gasteiger partial charge on any atom is -0.486 e. The summed E-state index contributed by atoms with van der Waals surface area (Å²) in [6.45, 7) is 0.0627. The summed E-state index contributed by atoms with van der Waals surface area (Å²) < 4.78 is 19.1. The number of amides is 1. The molecule has 0 spiro atoms. The molecular weight excluding hydrogens is 303 g/mol. The quantitative estimate of drug-likeness (QED) is 0.789. The maximum Gasteiger partial charge on any atom is 0.354 e. The number of pyridine rings is 1. The van der Waals surface area contributed by atoms with Crippen molar-refractivity contribution < 1.29 is 23.8 Å². The van der Waals surface area contributed by atoms with E-state index in [1.54, 1.807) is 6.07 Å². The second-order valence-electron chi connectivity index (χ2n) is 5.13. The maximum atomic E-state index is 13.5. The van der Waals surface area contributed by atoms with Crippen molar-refractivity contribution in [3.63, 3.8) is 0 Å². The zero-order valence-electron chi connectivity index (χ0n) is 11.6. The lowest BCUT2D eigenvalue weighted by atomic mass is 10.0. The van der Waals surface area contributed by atoms with E-state index in [9.17, 15) is 14.0 Å². The molecule has 3 heterocycles. The van der Waals surface area contributed by atoms with Gasteiger partial charge < -0.3 is 15.2 Å². The minimum atomic E-state index is -1.14. The molecule has 2 aromatic rings. The lowest BCUT2D eigenvalue weighted by molar-refractivity contribution is -0.110. The average Bonchev–Trinajstić information content (AvgIpc) is 3.06. The highest BCUT2D eigenvalue weighted by Crippen LogP contribution is 2.41. The Hall–Kier alpha value is -3.22. The van der Waals surface area contributed by atoms with E-state index in [-0.39, 0.29) is 23.6 Å². The second-order valence-corrected chi connectivity index (χ2v) is 5.13. The summed E-state index contributed by atoms with van der Waals surface area (Å²) in [7, 11) is 0. The molecule has 1 aromatic carbocycles. The molecule has 0 radical (unpaired) electrons. The number of carbonyl (C=O) groups excluding carboxylic acids is 1. The van der Waals surface area contributed by atoms with Crippen LogP contribution in [0.15, 0.2) is 30.3 Å². The minimum absolute atomic E-state index is 0.0627. The zero-order chi connectivity index (χ0) is 16.1. The molecule has 0 aliphatic carbocycles. The summed E-state index contributed by atoms with van der Waals surface area (Å²) in [4.78, 5) is 27.2. The molecule has 0 fully saturated rings. The number of nitrogens with zero attached hydrogens (tertiary/aromatic N) is 1. The molecule has 23 heavy (non-hydrogen) atoms. The fraction of sp³-hybridized carbons (Fsp3) is 0.0625. The van der Waals surface area contributed by atoms with Crippen molar-refractivity contribution in [2.24, 2.45) is 0 Å². The number of aromatic nitrogens is 1. The van der Waals surface area contributed by atoms with Crippen molar-refractivity contribution in [3.05, 3.63) is 58.7 Å². The Bertz CT molecular complexity index is 920. The average molecular weight is 312 g/mol. The summed E-state index contributed by atoms with van der Waals surface area (Å²) in [5, 5.41) is 11.6. The van der Waals surface area contributed by atoms with E-state index in [2.05, 4.69) is 10.3 Å². The number of hydrogen-bond acceptors (Lipinski definition) is 4. The van der Waals surface area contributed by atoms with Crippen molar-refractivity contribution in [1.82, 2.24) is 4.98 Å². The van der Waals surface area contributed by atoms with Crippen LogP contribution in [0.5, 0.6) is 0 Å². The van der Waals surface area contributed by atoms with Crippen LogP contribution in [0.1, 0.15) is 27.3 Å². The molecular formula is C16H9FN2O4. The SMILES string of the molecule is O=C1Nc2ccc(F)cc2C1=C1OCc2nc(C(=O)O)ccc21. The van der Waals surface area contributed by atoms with Gasteiger partial charge in [0, 0.05) is 16.8 Å². The van der Waals surface area contributed by atoms with E-state index in [0.29, 0.717) is 22.5 Å². The zero-order valence-corrected chi connectivity index (χ0v) is 11.6. The van der Waals surface area contributed by atoms with Crippen molar-refractivity contribution in [1.29, 1.82) is 0 Å². The normalized spacial score (nSPS) is 18.2. The lowest BCUT2D eigenvalue weighted by Gasteiger charge is -2.05. The van der Waals surface area contributed by atoms with Crippen LogP contribution >= 0.6 is 0 Å². The third-order valence-corrected chi connectivity index (χ3v) is 3.74. The van der Waals surface area contributed by atoms with E-state index < -0.39 is 17.7 Å². The lowest BCUT2D eigenvalue weighted by Crippen LogP contribution is -2.06. The molecule has 0 unspecified atom stereocenters. The van der Waals surface area contributed by atoms with E-state index in [4.69, 9.17) is 9.84 Å². The summed E-state index contributed by atoms with van der Waals surface area (Å²) in [5.74, 6) is -1.71. The van der Waals surface area contributed by atoms with Gasteiger partial charge in [0.2, 0.25) is 0 Å². The number of benzene rings is 1. The first-order valence-corrected chi connectivity index (χ1v) is 6.76. The van der Waals surface area contributed by atoms with Crippen molar-refractivity contribution in [3.8, 4) is 0 Å². The molecule has 0 saturated heterocycles. The molecule has 0 saturated carbocycles. The van der Waals surface area contributed by atoms with E-state index >= 15 is 0 Å². The van der Waals surface area contributed by atoms with Crippen LogP contribution in [0.4, 0.5) is 10.1 Å². The highest BCUT2D eigenvalue weighted by atomic mass is 19.1. The Morgan fingerprint density at radius 2 is 2.09 bits per heavy atom. The van der Waals surface area contributed by atoms with Gasteiger partial charge in [-0.3, -0.25) is 4.79 Å². The van der Waals surface area contributed by atoms with Gasteiger partial charge in [0.1, 0.15) is 23.9 Å². The Balaban J connectivity index is 1.91. The molecule has 1 aromatic heterocycles. The van der Waals surface area contributed by atoms with Gasteiger partial charge in [0.15, 0.2) is 0 Å². The number of rotatable bonds is 1. The third kappa shape index (κ3) is 1.97. The first-order valence-electron chi connectivity index (χ1n) is 6.76. The first-order chi connectivity index (χ1) is 11.0. The monoisotopic (exact) mass is 312 g/mol. The van der Waals surface area contributed by atoms with Crippen LogP contribution in [-0.4, -0.2) is 22.0 Å². The van der Waals surface area contributed by atoms with E-state index in [1.165, 1.54) is 24.3 Å². The molecule has 0 atom stereocenters. The number of hydrogen-bond donors (Lipinski definition) is 2. The van der Waals surface area contributed by atoms with Gasteiger partial charge in [0.05, 0.1) is 11.3 Å². The number of aromatic carboxylic acids is 1. The Kier molecular flexibility index (Phi) is 2.71. The molecule has 1 amide bonds. The van der Waals surface area contributed by atoms with Gasteiger partial charge in [-0.25, -0.2) is 14.2 Å². The molecule has 0 bridgehead atoms. The second kappa shape index (κ2) is 4.64. The predicted octanol–water partition coefficient (Wildman–Crippen LogP) is 2.27. The summed E-state index contributed by atoms with van der Waals surface area (Å²) in [5.41, 5.74) is 2.03. The number of halogens is 1. The summed E-state index contributed by atoms with van der Waals surface area (Å²) >= 11 is 0. The number of carboxylic acids is 1. The molecule has 2 aliphatic heterocycles. The predicted molar refractivity (Wildman–Crippen MR) is 77.8 cm³/mol. The molecule has 4 rings (SSSR count). The van der Waals surface area contributed by atoms with Crippen LogP contribution in [0.25, 0.3) is 11.3 Å². The molecule has 114 valence electrons. The van der Waals surface area contributed by atoms with Crippen LogP contribution < -0.4 is 5.32 Å². The highest BCUT2D eigenvalue weighted by Gasteiger charge is 2.33. The smallest absolute Gasteiger partial charge is 0.354 e. The molecule has 2 N–H and O–H groups in total. The number of anilines is 1. The van der Waals surface area contributed by atoms with Crippen molar-refractivity contribution >= 4 is 28.9 Å². The van der Waals surface area contributed by atoms with Gasteiger partial charge in [-0.2, -0.15) is 0 Å². The number of carbonyl (C=O) groups is 2. The first kappa shape index (κ1) is 13.4. The fourth-order valence-corrected chi connectivity index (χ4v) is 2.73. The van der Waals surface area contributed by atoms with Crippen LogP contribution in [0, 0.1) is 5.82 Å². The Morgan fingerprint density at radius 1 is 1.26 bits per heavy atom. The summed E-state index contributed by atoms with van der Waals surface area (Å²) in [6, 6.07) is 6.89. The van der Waals surface area contributed by atoms with E-state index in [1.807, 2.05) is 0 Å². The van der Waals surface area contributed by atoms with Crippen molar-refractivity contribution in [2.75, 3.05) is 5.32 Å². The number of carboxylic acid groups (broad SMARTS) is 1. The van der Waals surface area contributed by atoms with Gasteiger partial charge in [-0.15, -0.1) is 0 Å². The number of ether oxygens (including phenoxy) is 1. The maximum absolute atomic E-state index is 13.5. The molecule has 6 nitrogen and oxygen atoms in total. The number of fused-ring (bicyclic) bond motifs is 2.